The number of carbonyl (C=O) groups excluding carboxylic acids is 1. The van der Waals surface area contributed by atoms with Crippen molar-refractivity contribution in [1.29, 1.82) is 0 Å². The second kappa shape index (κ2) is 7.94. The Kier molecular flexibility index (Phi) is 4.98. The smallest absolute Gasteiger partial charge is 0.257 e. The summed E-state index contributed by atoms with van der Waals surface area (Å²) in [6.07, 6.45) is 8.61. The molecule has 2 aromatic rings. The van der Waals surface area contributed by atoms with Gasteiger partial charge in [0, 0.05) is 37.9 Å². The number of carbonyl (C=O) groups is 1. The molecule has 192 valence electrons. The van der Waals surface area contributed by atoms with Crippen molar-refractivity contribution in [3.05, 3.63) is 33.9 Å². The first kappa shape index (κ1) is 22.6. The molecule has 1 unspecified atom stereocenters. The standard InChI is InChI=1S/C28H35FN4O3/c1-16-15-36-26-23-20(10-22(29)24(26)32-5-3-31(2)4-6-32)25(34)21(14-33(16)23)27(35)30-28-11-17-7-18(12-28)9-19(8-17)13-28/h10,14,16-19H,3-9,11-13,15H2,1-2H3,(H,30,35). The van der Waals surface area contributed by atoms with E-state index in [1.165, 1.54) is 25.3 Å². The molecule has 1 aromatic heterocycles. The zero-order valence-electron chi connectivity index (χ0n) is 21.2. The summed E-state index contributed by atoms with van der Waals surface area (Å²) in [4.78, 5) is 31.5. The number of aromatic nitrogens is 1. The van der Waals surface area contributed by atoms with E-state index in [2.05, 4.69) is 17.3 Å². The Balaban J connectivity index is 1.30. The van der Waals surface area contributed by atoms with Gasteiger partial charge in [-0.15, -0.1) is 0 Å². The third-order valence-electron chi connectivity index (χ3n) is 9.62. The lowest BCUT2D eigenvalue weighted by Gasteiger charge is -2.56. The van der Waals surface area contributed by atoms with Crippen LogP contribution < -0.4 is 20.4 Å². The monoisotopic (exact) mass is 494 g/mol. The molecule has 1 saturated heterocycles. The van der Waals surface area contributed by atoms with Crippen molar-refractivity contribution in [1.82, 2.24) is 14.8 Å². The highest BCUT2D eigenvalue weighted by atomic mass is 19.1. The van der Waals surface area contributed by atoms with E-state index in [9.17, 15) is 9.59 Å². The van der Waals surface area contributed by atoms with E-state index in [0.717, 1.165) is 32.4 Å². The molecule has 4 bridgehead atoms. The number of amides is 1. The van der Waals surface area contributed by atoms with Crippen molar-refractivity contribution < 1.29 is 13.9 Å². The summed E-state index contributed by atoms with van der Waals surface area (Å²) in [6, 6.07) is 1.26. The average molecular weight is 495 g/mol. The van der Waals surface area contributed by atoms with E-state index in [4.69, 9.17) is 4.74 Å². The van der Waals surface area contributed by atoms with Crippen molar-refractivity contribution in [2.24, 2.45) is 17.8 Å². The van der Waals surface area contributed by atoms with Gasteiger partial charge in [0.05, 0.1) is 16.9 Å². The van der Waals surface area contributed by atoms with Crippen molar-refractivity contribution in [2.45, 2.75) is 57.0 Å². The van der Waals surface area contributed by atoms with Crippen LogP contribution in [0.4, 0.5) is 10.1 Å². The Morgan fingerprint density at radius 2 is 1.72 bits per heavy atom. The van der Waals surface area contributed by atoms with Crippen molar-refractivity contribution in [2.75, 3.05) is 44.7 Å². The summed E-state index contributed by atoms with van der Waals surface area (Å²) in [5.74, 6) is 1.74. The number of piperazine rings is 1. The van der Waals surface area contributed by atoms with Gasteiger partial charge in [-0.2, -0.15) is 0 Å². The summed E-state index contributed by atoms with van der Waals surface area (Å²) >= 11 is 0. The summed E-state index contributed by atoms with van der Waals surface area (Å²) < 4.78 is 23.7. The minimum atomic E-state index is -0.459. The SMILES string of the molecule is CC1COc2c(N3CCN(C)CC3)c(F)cc3c(=O)c(C(=O)NC45CC6CC(CC(C6)C4)C5)cn1c23. The van der Waals surface area contributed by atoms with Gasteiger partial charge in [-0.3, -0.25) is 9.59 Å². The Labute approximate surface area is 210 Å². The van der Waals surface area contributed by atoms with Crippen LogP contribution in [0.15, 0.2) is 17.1 Å². The molecule has 0 radical (unpaired) electrons. The van der Waals surface area contributed by atoms with Crippen LogP contribution >= 0.6 is 0 Å². The average Bonchev–Trinajstić information content (AvgIpc) is 2.82. The lowest BCUT2D eigenvalue weighted by atomic mass is 9.53. The van der Waals surface area contributed by atoms with Crippen molar-refractivity contribution in [3.8, 4) is 5.75 Å². The molecule has 3 heterocycles. The Hall–Kier alpha value is -2.61. The van der Waals surface area contributed by atoms with Crippen LogP contribution in [0.1, 0.15) is 61.8 Å². The van der Waals surface area contributed by atoms with E-state index in [0.29, 0.717) is 54.4 Å². The minimum Gasteiger partial charge on any atom is -0.487 e. The van der Waals surface area contributed by atoms with E-state index in [1.807, 2.05) is 16.4 Å². The Morgan fingerprint density at radius 1 is 1.08 bits per heavy atom. The number of hydrogen-bond donors (Lipinski definition) is 1. The van der Waals surface area contributed by atoms with Gasteiger partial charge in [-0.05, 0) is 76.3 Å². The zero-order valence-corrected chi connectivity index (χ0v) is 21.2. The second-order valence-electron chi connectivity index (χ2n) is 12.3. The van der Waals surface area contributed by atoms with Crippen LogP contribution in [0.2, 0.25) is 0 Å². The lowest BCUT2D eigenvalue weighted by molar-refractivity contribution is -0.0167. The number of anilines is 1. The van der Waals surface area contributed by atoms with Gasteiger partial charge in [0.15, 0.2) is 11.6 Å². The van der Waals surface area contributed by atoms with Gasteiger partial charge >= 0.3 is 0 Å². The van der Waals surface area contributed by atoms with Gasteiger partial charge < -0.3 is 24.4 Å². The maximum absolute atomic E-state index is 15.6. The number of halogens is 1. The molecular formula is C28H35FN4O3. The van der Waals surface area contributed by atoms with E-state index >= 15 is 4.39 Å². The highest BCUT2D eigenvalue weighted by Gasteiger charge is 2.51. The van der Waals surface area contributed by atoms with Crippen LogP contribution in [0, 0.1) is 23.6 Å². The maximum Gasteiger partial charge on any atom is 0.257 e. The number of hydrogen-bond acceptors (Lipinski definition) is 5. The topological polar surface area (TPSA) is 66.8 Å². The molecule has 5 fully saturated rings. The number of benzene rings is 1. The molecule has 1 amide bonds. The van der Waals surface area contributed by atoms with Crippen LogP contribution in [0.25, 0.3) is 10.9 Å². The van der Waals surface area contributed by atoms with E-state index in [-0.39, 0.29) is 28.4 Å². The first-order valence-electron chi connectivity index (χ1n) is 13.6. The molecule has 0 spiro atoms. The predicted molar refractivity (Wildman–Crippen MR) is 136 cm³/mol. The Morgan fingerprint density at radius 3 is 2.36 bits per heavy atom. The lowest BCUT2D eigenvalue weighted by Crippen LogP contribution is -2.60. The fourth-order valence-corrected chi connectivity index (χ4v) is 8.27. The number of ether oxygens (including phenoxy) is 1. The van der Waals surface area contributed by atoms with Gasteiger partial charge in [-0.1, -0.05) is 0 Å². The number of likely N-dealkylation sites (N-methyl/N-ethyl adjacent to an activating group) is 1. The van der Waals surface area contributed by atoms with Gasteiger partial charge in [-0.25, -0.2) is 4.39 Å². The highest BCUT2D eigenvalue weighted by Crippen LogP contribution is 2.55. The third kappa shape index (κ3) is 3.40. The molecule has 6 aliphatic rings. The van der Waals surface area contributed by atoms with Crippen LogP contribution in [-0.2, 0) is 0 Å². The molecule has 8 heteroatoms. The fraction of sp³-hybridized carbons (Fsp3) is 0.643. The number of nitrogens with one attached hydrogen (secondary N) is 1. The van der Waals surface area contributed by atoms with Gasteiger partial charge in [0.2, 0.25) is 5.43 Å². The van der Waals surface area contributed by atoms with Crippen LogP contribution in [0.5, 0.6) is 5.75 Å². The molecule has 1 N–H and O–H groups in total. The second-order valence-corrected chi connectivity index (χ2v) is 12.3. The first-order chi connectivity index (χ1) is 17.3. The minimum absolute atomic E-state index is 0.0718. The number of nitrogens with zero attached hydrogens (tertiary/aromatic N) is 3. The quantitative estimate of drug-likeness (QED) is 0.707. The molecule has 36 heavy (non-hydrogen) atoms. The molecule has 2 aliphatic heterocycles. The predicted octanol–water partition coefficient (Wildman–Crippen LogP) is 3.54. The first-order valence-corrected chi connectivity index (χ1v) is 13.6. The molecule has 8 rings (SSSR count). The van der Waals surface area contributed by atoms with Gasteiger partial charge in [0.25, 0.3) is 5.91 Å². The maximum atomic E-state index is 15.6. The molecule has 7 nitrogen and oxygen atoms in total. The number of pyridine rings is 1. The molecule has 4 aliphatic carbocycles. The molecule has 4 saturated carbocycles. The van der Waals surface area contributed by atoms with Crippen molar-refractivity contribution in [3.63, 3.8) is 0 Å². The fourth-order valence-electron chi connectivity index (χ4n) is 8.27. The zero-order chi connectivity index (χ0) is 24.8. The van der Waals surface area contributed by atoms with Crippen molar-refractivity contribution >= 4 is 22.5 Å². The molecule has 1 atom stereocenters. The number of rotatable bonds is 3. The highest BCUT2D eigenvalue weighted by molar-refractivity contribution is 6.00. The van der Waals surface area contributed by atoms with E-state index < -0.39 is 11.2 Å². The van der Waals surface area contributed by atoms with Crippen LogP contribution in [0.3, 0.4) is 0 Å². The third-order valence-corrected chi connectivity index (χ3v) is 9.62. The Bertz CT molecular complexity index is 1280. The molecular weight excluding hydrogens is 459 g/mol. The largest absolute Gasteiger partial charge is 0.487 e. The summed E-state index contributed by atoms with van der Waals surface area (Å²) in [5.41, 5.74) is 0.545. The summed E-state index contributed by atoms with van der Waals surface area (Å²) in [5, 5.41) is 3.56. The van der Waals surface area contributed by atoms with Gasteiger partial charge in [0.1, 0.15) is 17.9 Å². The summed E-state index contributed by atoms with van der Waals surface area (Å²) in [6.45, 7) is 5.44. The van der Waals surface area contributed by atoms with E-state index in [1.54, 1.807) is 6.20 Å². The summed E-state index contributed by atoms with van der Waals surface area (Å²) in [7, 11) is 2.06. The molecule has 1 aromatic carbocycles. The normalized spacial score (nSPS) is 33.1. The van der Waals surface area contributed by atoms with Crippen LogP contribution in [-0.4, -0.2) is 60.7 Å².